The van der Waals surface area contributed by atoms with Gasteiger partial charge >= 0.3 is 0 Å². The van der Waals surface area contributed by atoms with Crippen molar-refractivity contribution in [2.45, 2.75) is 11.4 Å². The Morgan fingerprint density at radius 3 is 2.43 bits per heavy atom. The van der Waals surface area contributed by atoms with Gasteiger partial charge in [-0.2, -0.15) is 0 Å². The van der Waals surface area contributed by atoms with Crippen molar-refractivity contribution in [2.75, 3.05) is 40.3 Å². The highest BCUT2D eigenvalue weighted by Gasteiger charge is 2.25. The van der Waals surface area contributed by atoms with Crippen molar-refractivity contribution in [1.29, 1.82) is 0 Å². The number of rotatable bonds is 5. The maximum Gasteiger partial charge on any atom is 0.269 e. The normalized spacial score (nSPS) is 16.3. The topological polar surface area (TPSA) is 54.8 Å². The third kappa shape index (κ3) is 4.05. The zero-order chi connectivity index (χ0) is 21.5. The average molecular weight is 557 g/mol. The molecule has 6 nitrogen and oxygen atoms in total. The largest absolute Gasteiger partial charge is 0.497 e. The molecular weight excluding hydrogens is 534 g/mol. The van der Waals surface area contributed by atoms with Gasteiger partial charge in [0.15, 0.2) is 0 Å². The van der Waals surface area contributed by atoms with Crippen molar-refractivity contribution >= 4 is 52.8 Å². The molecule has 0 atom stereocenters. The number of halogens is 2. The zero-order valence-corrected chi connectivity index (χ0v) is 20.8. The lowest BCUT2D eigenvalue weighted by atomic mass is 10.1. The predicted octanol–water partition coefficient (Wildman–Crippen LogP) is 4.16. The van der Waals surface area contributed by atoms with E-state index in [0.29, 0.717) is 15.7 Å². The predicted molar refractivity (Wildman–Crippen MR) is 126 cm³/mol. The molecule has 0 saturated carbocycles. The third-order valence-electron chi connectivity index (χ3n) is 5.50. The quantitative estimate of drug-likeness (QED) is 0.472. The highest BCUT2D eigenvalue weighted by Crippen LogP contribution is 2.35. The molecule has 30 heavy (non-hydrogen) atoms. The molecule has 0 bridgehead atoms. The van der Waals surface area contributed by atoms with Crippen LogP contribution < -0.4 is 4.74 Å². The molecule has 2 aromatic carbocycles. The summed E-state index contributed by atoms with van der Waals surface area (Å²) in [5, 5.41) is 0.935. The Hall–Kier alpha value is -1.39. The summed E-state index contributed by atoms with van der Waals surface area (Å²) in [7, 11) is -0.108. The molecule has 0 spiro atoms. The molecule has 0 amide bonds. The van der Waals surface area contributed by atoms with Crippen molar-refractivity contribution in [3.63, 3.8) is 0 Å². The van der Waals surface area contributed by atoms with Crippen molar-refractivity contribution < 1.29 is 13.2 Å². The fourth-order valence-electron chi connectivity index (χ4n) is 3.78. The first kappa shape index (κ1) is 21.8. The van der Waals surface area contributed by atoms with Crippen LogP contribution in [0, 0.1) is 0 Å². The Balaban J connectivity index is 1.76. The second-order valence-corrected chi connectivity index (χ2v) is 11.0. The van der Waals surface area contributed by atoms with Crippen LogP contribution in [0.25, 0.3) is 10.9 Å². The first-order valence-corrected chi connectivity index (χ1v) is 12.6. The van der Waals surface area contributed by atoms with E-state index in [1.54, 1.807) is 31.5 Å². The molecule has 1 saturated heterocycles. The Morgan fingerprint density at radius 1 is 1.03 bits per heavy atom. The molecule has 0 radical (unpaired) electrons. The van der Waals surface area contributed by atoms with E-state index in [9.17, 15) is 8.42 Å². The van der Waals surface area contributed by atoms with E-state index in [0.717, 1.165) is 48.1 Å². The van der Waals surface area contributed by atoms with Gasteiger partial charge in [0, 0.05) is 53.3 Å². The number of likely N-dealkylation sites (N-methyl/N-ethyl adjacent to an activating group) is 1. The van der Waals surface area contributed by atoms with Crippen LogP contribution >= 0.6 is 31.9 Å². The van der Waals surface area contributed by atoms with Crippen molar-refractivity contribution in [3.8, 4) is 5.75 Å². The van der Waals surface area contributed by atoms with Crippen LogP contribution in [0.4, 0.5) is 0 Å². The summed E-state index contributed by atoms with van der Waals surface area (Å²) in [5.74, 6) is 0.592. The average Bonchev–Trinajstić information content (AvgIpc) is 3.08. The van der Waals surface area contributed by atoms with Gasteiger partial charge in [0.05, 0.1) is 12.6 Å². The lowest BCUT2D eigenvalue weighted by Crippen LogP contribution is -2.43. The maximum absolute atomic E-state index is 13.5. The van der Waals surface area contributed by atoms with E-state index in [2.05, 4.69) is 54.8 Å². The molecule has 9 heteroatoms. The summed E-state index contributed by atoms with van der Waals surface area (Å²) in [6.07, 6.45) is 1.64. The van der Waals surface area contributed by atoms with Gasteiger partial charge in [0.25, 0.3) is 10.0 Å². The number of piperazine rings is 1. The summed E-state index contributed by atoms with van der Waals surface area (Å²) in [5.41, 5.74) is 1.78. The fraction of sp³-hybridized carbons (Fsp3) is 0.333. The summed E-state index contributed by atoms with van der Waals surface area (Å²) in [6.45, 7) is 4.88. The van der Waals surface area contributed by atoms with E-state index in [4.69, 9.17) is 4.74 Å². The lowest BCUT2D eigenvalue weighted by Gasteiger charge is -2.32. The van der Waals surface area contributed by atoms with Crippen LogP contribution in [-0.2, 0) is 16.6 Å². The highest BCUT2D eigenvalue weighted by atomic mass is 79.9. The highest BCUT2D eigenvalue weighted by molar-refractivity contribution is 9.11. The van der Waals surface area contributed by atoms with E-state index < -0.39 is 10.0 Å². The van der Waals surface area contributed by atoms with Crippen molar-refractivity contribution in [3.05, 3.63) is 57.1 Å². The number of hydrogen-bond acceptors (Lipinski definition) is 5. The van der Waals surface area contributed by atoms with Crippen LogP contribution in [0.1, 0.15) is 5.56 Å². The van der Waals surface area contributed by atoms with E-state index in [1.807, 2.05) is 12.1 Å². The van der Waals surface area contributed by atoms with Gasteiger partial charge < -0.3 is 9.64 Å². The summed E-state index contributed by atoms with van der Waals surface area (Å²) >= 11 is 6.99. The second-order valence-electron chi connectivity index (χ2n) is 7.46. The molecule has 0 N–H and O–H groups in total. The SMILES string of the molecule is COc1ccc(S(=O)(=O)n2cc(Br)c3c(CN4CCN(C)CC4)cccc32)c(Br)c1. The van der Waals surface area contributed by atoms with Crippen LogP contribution in [-0.4, -0.2) is 62.5 Å². The Morgan fingerprint density at radius 2 is 1.77 bits per heavy atom. The van der Waals surface area contributed by atoms with Crippen LogP contribution in [0.2, 0.25) is 0 Å². The summed E-state index contributed by atoms with van der Waals surface area (Å²) in [4.78, 5) is 4.92. The van der Waals surface area contributed by atoms with Crippen LogP contribution in [0.3, 0.4) is 0 Å². The molecule has 160 valence electrons. The molecule has 3 aromatic rings. The number of methoxy groups -OCH3 is 1. The molecule has 1 aromatic heterocycles. The number of hydrogen-bond donors (Lipinski definition) is 0. The smallest absolute Gasteiger partial charge is 0.269 e. The third-order valence-corrected chi connectivity index (χ3v) is 8.75. The number of nitrogens with zero attached hydrogens (tertiary/aromatic N) is 3. The van der Waals surface area contributed by atoms with E-state index in [-0.39, 0.29) is 4.90 Å². The maximum atomic E-state index is 13.5. The molecule has 1 aliphatic heterocycles. The minimum Gasteiger partial charge on any atom is -0.497 e. The molecular formula is C21H23Br2N3O3S. The number of fused-ring (bicyclic) bond motifs is 1. The Bertz CT molecular complexity index is 1190. The Kier molecular flexibility index (Phi) is 6.28. The minimum absolute atomic E-state index is 0.192. The number of ether oxygens (including phenoxy) is 1. The summed E-state index contributed by atoms with van der Waals surface area (Å²) < 4.78 is 34.7. The van der Waals surface area contributed by atoms with Gasteiger partial charge in [0.2, 0.25) is 0 Å². The molecule has 1 fully saturated rings. The van der Waals surface area contributed by atoms with Gasteiger partial charge in [-0.3, -0.25) is 4.90 Å². The van der Waals surface area contributed by atoms with Crippen LogP contribution in [0.5, 0.6) is 5.75 Å². The number of benzene rings is 2. The second kappa shape index (κ2) is 8.63. The molecule has 2 heterocycles. The lowest BCUT2D eigenvalue weighted by molar-refractivity contribution is 0.148. The van der Waals surface area contributed by atoms with Gasteiger partial charge in [-0.05, 0) is 68.7 Å². The van der Waals surface area contributed by atoms with Gasteiger partial charge in [-0.25, -0.2) is 12.4 Å². The Labute approximate surface area is 193 Å². The van der Waals surface area contributed by atoms with Crippen molar-refractivity contribution in [2.24, 2.45) is 0 Å². The minimum atomic E-state index is -3.79. The monoisotopic (exact) mass is 555 g/mol. The molecule has 1 aliphatic rings. The number of aromatic nitrogens is 1. The zero-order valence-electron chi connectivity index (χ0n) is 16.8. The van der Waals surface area contributed by atoms with E-state index >= 15 is 0 Å². The van der Waals surface area contributed by atoms with Gasteiger partial charge in [-0.15, -0.1) is 0 Å². The molecule has 0 unspecified atom stereocenters. The standard InChI is InChI=1S/C21H23Br2N3O3S/c1-24-8-10-25(11-9-24)13-15-4-3-5-19-21(15)18(23)14-26(19)30(27,28)20-7-6-16(29-2)12-17(20)22/h3-7,12,14H,8-11,13H2,1-2H3. The van der Waals surface area contributed by atoms with Crippen LogP contribution in [0.15, 0.2) is 56.4 Å². The van der Waals surface area contributed by atoms with Crippen molar-refractivity contribution in [1.82, 2.24) is 13.8 Å². The van der Waals surface area contributed by atoms with Gasteiger partial charge in [-0.1, -0.05) is 12.1 Å². The summed E-state index contributed by atoms with van der Waals surface area (Å²) in [6, 6.07) is 10.7. The molecule has 4 rings (SSSR count). The molecule has 0 aliphatic carbocycles. The fourth-order valence-corrected chi connectivity index (χ4v) is 6.97. The first-order valence-electron chi connectivity index (χ1n) is 9.59. The van der Waals surface area contributed by atoms with Gasteiger partial charge in [0.1, 0.15) is 10.6 Å². The first-order chi connectivity index (χ1) is 14.3. The van der Waals surface area contributed by atoms with E-state index in [1.165, 1.54) is 3.97 Å².